The standard InChI is InChI=1S/C20H16F2O5S2/c21-20(22,29(24,25)26)14-27-16-8-12-19(13-9-16)28(17-4-2-1-3-5-17)18-10-6-15(23)7-11-18/h1-13H,14H2,(H-,23,24,25,26)/p+1. The maximum atomic E-state index is 13.3. The first-order chi connectivity index (χ1) is 13.7. The van der Waals surface area contributed by atoms with Gasteiger partial charge in [-0.2, -0.15) is 17.2 Å². The summed E-state index contributed by atoms with van der Waals surface area (Å²) in [4.78, 5) is 2.83. The van der Waals surface area contributed by atoms with Gasteiger partial charge in [0.2, 0.25) is 0 Å². The molecule has 5 nitrogen and oxygen atoms in total. The quantitative estimate of drug-likeness (QED) is 0.423. The lowest BCUT2D eigenvalue weighted by Gasteiger charge is -2.14. The van der Waals surface area contributed by atoms with E-state index in [4.69, 9.17) is 9.29 Å². The van der Waals surface area contributed by atoms with Gasteiger partial charge in [0.05, 0.1) is 10.9 Å². The molecule has 152 valence electrons. The van der Waals surface area contributed by atoms with E-state index in [0.29, 0.717) is 0 Å². The van der Waals surface area contributed by atoms with Crippen molar-refractivity contribution in [3.8, 4) is 11.5 Å². The third-order valence-corrected chi connectivity index (χ3v) is 7.00. The molecule has 0 aliphatic rings. The fourth-order valence-corrected chi connectivity index (χ4v) is 4.73. The normalized spacial score (nSPS) is 13.1. The number of phenolic OH excluding ortho intramolecular Hbond substituents is 1. The maximum Gasteiger partial charge on any atom is 0.402 e. The average molecular weight is 439 g/mol. The highest BCUT2D eigenvalue weighted by Crippen LogP contribution is 2.33. The molecule has 0 heterocycles. The molecule has 0 saturated carbocycles. The van der Waals surface area contributed by atoms with Crippen molar-refractivity contribution in [3.63, 3.8) is 0 Å². The van der Waals surface area contributed by atoms with Crippen LogP contribution in [0.4, 0.5) is 8.78 Å². The predicted octanol–water partition coefficient (Wildman–Crippen LogP) is 4.35. The molecule has 0 radical (unpaired) electrons. The highest BCUT2D eigenvalue weighted by molar-refractivity contribution is 7.97. The SMILES string of the molecule is O=S(=O)(O)C(F)(F)COc1ccc([S+](c2ccccc2)c2ccc(O)cc2)cc1. The van der Waals surface area contributed by atoms with Crippen molar-refractivity contribution < 1.29 is 31.6 Å². The van der Waals surface area contributed by atoms with Crippen LogP contribution in [0.1, 0.15) is 0 Å². The minimum absolute atomic E-state index is 0.0411. The number of hydrogen-bond donors (Lipinski definition) is 2. The molecule has 3 aromatic carbocycles. The molecule has 0 amide bonds. The molecule has 0 aliphatic heterocycles. The number of alkyl halides is 2. The zero-order valence-electron chi connectivity index (χ0n) is 14.9. The number of hydrogen-bond acceptors (Lipinski definition) is 4. The predicted molar refractivity (Wildman–Crippen MR) is 105 cm³/mol. The van der Waals surface area contributed by atoms with E-state index in [2.05, 4.69) is 0 Å². The molecule has 3 aromatic rings. The van der Waals surface area contributed by atoms with Crippen LogP contribution in [0.15, 0.2) is 93.5 Å². The molecule has 0 spiro atoms. The molecule has 1 atom stereocenters. The molecule has 2 N–H and O–H groups in total. The van der Waals surface area contributed by atoms with Crippen molar-refractivity contribution in [2.75, 3.05) is 6.61 Å². The van der Waals surface area contributed by atoms with Crippen LogP contribution in [-0.2, 0) is 21.0 Å². The second-order valence-corrected chi connectivity index (χ2v) is 9.56. The van der Waals surface area contributed by atoms with E-state index in [-0.39, 0.29) is 11.5 Å². The molecule has 0 aliphatic carbocycles. The summed E-state index contributed by atoms with van der Waals surface area (Å²) in [7, 11) is -6.06. The number of ether oxygens (including phenoxy) is 1. The van der Waals surface area contributed by atoms with Gasteiger partial charge < -0.3 is 9.84 Å². The fourth-order valence-electron chi connectivity index (χ4n) is 2.46. The number of aromatic hydroxyl groups is 1. The molecule has 0 saturated heterocycles. The lowest BCUT2D eigenvalue weighted by Crippen LogP contribution is -2.34. The molecule has 0 aromatic heterocycles. The maximum absolute atomic E-state index is 13.3. The smallest absolute Gasteiger partial charge is 0.402 e. The third kappa shape index (κ3) is 5.06. The fraction of sp³-hybridized carbons (Fsp3) is 0.100. The van der Waals surface area contributed by atoms with Crippen LogP contribution >= 0.6 is 0 Å². The number of benzene rings is 3. The van der Waals surface area contributed by atoms with Gasteiger partial charge in [-0.25, -0.2) is 0 Å². The number of rotatable bonds is 7. The van der Waals surface area contributed by atoms with E-state index < -0.39 is 32.9 Å². The van der Waals surface area contributed by atoms with E-state index >= 15 is 0 Å². The summed E-state index contributed by atoms with van der Waals surface area (Å²) >= 11 is 0. The Labute approximate surface area is 169 Å². The molecule has 29 heavy (non-hydrogen) atoms. The van der Waals surface area contributed by atoms with E-state index in [0.717, 1.165) is 14.7 Å². The summed E-state index contributed by atoms with van der Waals surface area (Å²) in [6.07, 6.45) is 0. The Morgan fingerprint density at radius 3 is 1.83 bits per heavy atom. The Balaban J connectivity index is 1.87. The Morgan fingerprint density at radius 2 is 1.31 bits per heavy atom. The van der Waals surface area contributed by atoms with E-state index in [9.17, 15) is 22.3 Å². The first-order valence-electron chi connectivity index (χ1n) is 8.33. The van der Waals surface area contributed by atoms with E-state index in [1.54, 1.807) is 24.3 Å². The van der Waals surface area contributed by atoms with Crippen LogP contribution in [0.2, 0.25) is 0 Å². The van der Waals surface area contributed by atoms with E-state index in [1.165, 1.54) is 12.1 Å². The number of halogens is 2. The molecule has 0 bridgehead atoms. The van der Waals surface area contributed by atoms with Crippen LogP contribution < -0.4 is 4.74 Å². The highest BCUT2D eigenvalue weighted by atomic mass is 32.2. The summed E-state index contributed by atoms with van der Waals surface area (Å²) in [5.74, 6) is 0.188. The summed E-state index contributed by atoms with van der Waals surface area (Å²) in [5, 5.41) is 5.17. The number of phenols is 1. The summed E-state index contributed by atoms with van der Waals surface area (Å²) in [6.45, 7) is -1.49. The molecular formula is C20H17F2O5S2+. The van der Waals surface area contributed by atoms with Gasteiger partial charge in [-0.3, -0.25) is 4.55 Å². The van der Waals surface area contributed by atoms with Crippen LogP contribution in [0, 0.1) is 0 Å². The zero-order valence-corrected chi connectivity index (χ0v) is 16.5. The zero-order chi connectivity index (χ0) is 21.1. The van der Waals surface area contributed by atoms with E-state index in [1.807, 2.05) is 42.5 Å². The third-order valence-electron chi connectivity index (χ3n) is 3.90. The van der Waals surface area contributed by atoms with Crippen molar-refractivity contribution >= 4 is 21.0 Å². The lowest BCUT2D eigenvalue weighted by atomic mass is 10.3. The molecule has 9 heteroatoms. The first-order valence-corrected chi connectivity index (χ1v) is 11.0. The van der Waals surface area contributed by atoms with Gasteiger partial charge in [-0.1, -0.05) is 18.2 Å². The van der Waals surface area contributed by atoms with Crippen LogP contribution in [0.5, 0.6) is 11.5 Å². The second-order valence-electron chi connectivity index (χ2n) is 5.99. The van der Waals surface area contributed by atoms with Crippen molar-refractivity contribution in [3.05, 3.63) is 78.9 Å². The molecule has 3 rings (SSSR count). The van der Waals surface area contributed by atoms with Crippen LogP contribution in [0.3, 0.4) is 0 Å². The van der Waals surface area contributed by atoms with Gasteiger partial charge in [0.15, 0.2) is 21.3 Å². The molecular weight excluding hydrogens is 422 g/mol. The Hall–Kier alpha value is -2.62. The topological polar surface area (TPSA) is 83.8 Å². The van der Waals surface area contributed by atoms with Crippen LogP contribution in [-0.4, -0.2) is 29.9 Å². The first kappa shape index (κ1) is 21.1. The second kappa shape index (κ2) is 8.40. The molecule has 0 fully saturated rings. The summed E-state index contributed by atoms with van der Waals surface area (Å²) in [6, 6.07) is 22.8. The Morgan fingerprint density at radius 1 is 0.828 bits per heavy atom. The van der Waals surface area contributed by atoms with Crippen LogP contribution in [0.25, 0.3) is 0 Å². The van der Waals surface area contributed by atoms with Crippen molar-refractivity contribution in [2.24, 2.45) is 0 Å². The summed E-state index contributed by atoms with van der Waals surface area (Å²) < 4.78 is 61.3. The van der Waals surface area contributed by atoms with Crippen molar-refractivity contribution in [2.45, 2.75) is 19.9 Å². The van der Waals surface area contributed by atoms with Gasteiger partial charge in [0, 0.05) is 0 Å². The average Bonchev–Trinajstić information content (AvgIpc) is 2.69. The minimum Gasteiger partial charge on any atom is -0.508 e. The van der Waals surface area contributed by atoms with Gasteiger partial charge in [-0.15, -0.1) is 0 Å². The molecule has 1 unspecified atom stereocenters. The Bertz CT molecular complexity index is 1050. The van der Waals surface area contributed by atoms with Gasteiger partial charge in [0.25, 0.3) is 0 Å². The lowest BCUT2D eigenvalue weighted by molar-refractivity contribution is 0.0288. The van der Waals surface area contributed by atoms with Crippen molar-refractivity contribution in [1.29, 1.82) is 0 Å². The largest absolute Gasteiger partial charge is 0.508 e. The monoisotopic (exact) mass is 439 g/mol. The van der Waals surface area contributed by atoms with Gasteiger partial charge in [0.1, 0.15) is 11.5 Å². The minimum atomic E-state index is -5.55. The van der Waals surface area contributed by atoms with Gasteiger partial charge in [-0.05, 0) is 60.7 Å². The highest BCUT2D eigenvalue weighted by Gasteiger charge is 2.45. The summed E-state index contributed by atoms with van der Waals surface area (Å²) in [5.41, 5.74) is 0. The van der Waals surface area contributed by atoms with Crippen molar-refractivity contribution in [1.82, 2.24) is 0 Å². The Kier molecular flexibility index (Phi) is 6.11. The van der Waals surface area contributed by atoms with Gasteiger partial charge >= 0.3 is 15.4 Å².